The van der Waals surface area contributed by atoms with Gasteiger partial charge in [0.05, 0.1) is 0 Å². The molecule has 1 unspecified atom stereocenters. The summed E-state index contributed by atoms with van der Waals surface area (Å²) in [7, 11) is 0. The van der Waals surface area contributed by atoms with Crippen LogP contribution >= 0.6 is 0 Å². The van der Waals surface area contributed by atoms with Gasteiger partial charge in [-0.05, 0) is 44.7 Å². The van der Waals surface area contributed by atoms with E-state index in [1.54, 1.807) is 0 Å². The first-order valence-corrected chi connectivity index (χ1v) is 6.26. The number of nitrogens with zero attached hydrogens (tertiary/aromatic N) is 1. The van der Waals surface area contributed by atoms with Crippen molar-refractivity contribution in [1.29, 1.82) is 0 Å². The molecule has 0 bridgehead atoms. The van der Waals surface area contributed by atoms with E-state index < -0.39 is 5.97 Å². The van der Waals surface area contributed by atoms with E-state index in [4.69, 9.17) is 0 Å². The van der Waals surface area contributed by atoms with Crippen molar-refractivity contribution in [3.63, 3.8) is 0 Å². The molecule has 0 aromatic heterocycles. The smallest absolute Gasteiger partial charge is 0.321 e. The lowest BCUT2D eigenvalue weighted by Gasteiger charge is -2.35. The van der Waals surface area contributed by atoms with Crippen molar-refractivity contribution in [2.75, 3.05) is 13.1 Å². The molecule has 3 nitrogen and oxygen atoms in total. The van der Waals surface area contributed by atoms with Crippen molar-refractivity contribution < 1.29 is 9.90 Å². The summed E-state index contributed by atoms with van der Waals surface area (Å²) in [5, 5.41) is 9.34. The molecule has 2 fully saturated rings. The summed E-state index contributed by atoms with van der Waals surface area (Å²) in [6, 6.07) is -0.187. The average Bonchev–Trinajstić information content (AvgIpc) is 2.72. The maximum atomic E-state index is 11.3. The topological polar surface area (TPSA) is 40.5 Å². The lowest BCUT2D eigenvalue weighted by Crippen LogP contribution is -2.47. The Morgan fingerprint density at radius 2 is 1.67 bits per heavy atom. The van der Waals surface area contributed by atoms with Crippen LogP contribution in [0.4, 0.5) is 0 Å². The second-order valence-electron chi connectivity index (χ2n) is 4.92. The molecule has 1 saturated heterocycles. The van der Waals surface area contributed by atoms with Gasteiger partial charge >= 0.3 is 5.97 Å². The molecule has 0 amide bonds. The fraction of sp³-hybridized carbons (Fsp3) is 0.917. The number of aliphatic carboxylic acids is 1. The lowest BCUT2D eigenvalue weighted by molar-refractivity contribution is -0.146. The highest BCUT2D eigenvalue weighted by atomic mass is 16.4. The van der Waals surface area contributed by atoms with Gasteiger partial charge < -0.3 is 5.11 Å². The quantitative estimate of drug-likeness (QED) is 0.777. The molecular weight excluding hydrogens is 190 g/mol. The largest absolute Gasteiger partial charge is 0.480 e. The number of carboxylic acids is 1. The molecule has 0 aromatic carbocycles. The molecule has 1 atom stereocenters. The molecule has 0 spiro atoms. The fourth-order valence-electron chi connectivity index (χ4n) is 3.13. The third-order valence-electron chi connectivity index (χ3n) is 3.88. The lowest BCUT2D eigenvalue weighted by atomic mass is 9.95. The van der Waals surface area contributed by atoms with E-state index >= 15 is 0 Å². The van der Waals surface area contributed by atoms with Gasteiger partial charge in [0.25, 0.3) is 0 Å². The van der Waals surface area contributed by atoms with Crippen LogP contribution in [0.15, 0.2) is 0 Å². The monoisotopic (exact) mass is 211 g/mol. The first kappa shape index (κ1) is 10.9. The number of piperidine rings is 1. The predicted octanol–water partition coefficient (Wildman–Crippen LogP) is 2.12. The van der Waals surface area contributed by atoms with Crippen molar-refractivity contribution in [2.24, 2.45) is 5.92 Å². The van der Waals surface area contributed by atoms with Crippen LogP contribution in [0, 0.1) is 5.92 Å². The molecule has 1 saturated carbocycles. The Balaban J connectivity index is 2.00. The van der Waals surface area contributed by atoms with Gasteiger partial charge in [0.1, 0.15) is 6.04 Å². The predicted molar refractivity (Wildman–Crippen MR) is 58.8 cm³/mol. The average molecular weight is 211 g/mol. The van der Waals surface area contributed by atoms with Gasteiger partial charge in [-0.25, -0.2) is 0 Å². The first-order chi connectivity index (χ1) is 7.29. The zero-order valence-corrected chi connectivity index (χ0v) is 9.32. The van der Waals surface area contributed by atoms with E-state index in [-0.39, 0.29) is 6.04 Å². The Bertz CT molecular complexity index is 218. The Morgan fingerprint density at radius 1 is 1.07 bits per heavy atom. The molecule has 2 rings (SSSR count). The molecule has 1 aliphatic heterocycles. The molecule has 0 radical (unpaired) electrons. The van der Waals surface area contributed by atoms with E-state index in [2.05, 4.69) is 4.90 Å². The van der Waals surface area contributed by atoms with E-state index in [1.807, 2.05) is 0 Å². The number of rotatable bonds is 3. The second-order valence-corrected chi connectivity index (χ2v) is 4.92. The van der Waals surface area contributed by atoms with Crippen LogP contribution in [0.5, 0.6) is 0 Å². The van der Waals surface area contributed by atoms with E-state index in [0.717, 1.165) is 25.9 Å². The summed E-state index contributed by atoms with van der Waals surface area (Å²) < 4.78 is 0. The molecule has 1 aliphatic carbocycles. The van der Waals surface area contributed by atoms with Crippen molar-refractivity contribution in [3.8, 4) is 0 Å². The van der Waals surface area contributed by atoms with Crippen LogP contribution in [0.2, 0.25) is 0 Å². The van der Waals surface area contributed by atoms with Crippen molar-refractivity contribution in [1.82, 2.24) is 4.90 Å². The van der Waals surface area contributed by atoms with Gasteiger partial charge in [-0.15, -0.1) is 0 Å². The fourth-order valence-corrected chi connectivity index (χ4v) is 3.13. The second kappa shape index (κ2) is 4.97. The van der Waals surface area contributed by atoms with E-state index in [9.17, 15) is 9.90 Å². The van der Waals surface area contributed by atoms with E-state index in [0.29, 0.717) is 5.92 Å². The van der Waals surface area contributed by atoms with Crippen molar-refractivity contribution in [2.45, 2.75) is 51.0 Å². The SMILES string of the molecule is O=C(O)C(C1CCCC1)N1CCCCC1. The van der Waals surface area contributed by atoms with Gasteiger partial charge in [0, 0.05) is 0 Å². The highest BCUT2D eigenvalue weighted by Crippen LogP contribution is 2.31. The van der Waals surface area contributed by atoms with Gasteiger partial charge in [-0.1, -0.05) is 19.3 Å². The molecule has 1 heterocycles. The minimum Gasteiger partial charge on any atom is -0.480 e. The number of likely N-dealkylation sites (tertiary alicyclic amines) is 1. The number of hydrogen-bond acceptors (Lipinski definition) is 2. The normalized spacial score (nSPS) is 26.7. The Labute approximate surface area is 91.5 Å². The van der Waals surface area contributed by atoms with Gasteiger partial charge in [0.2, 0.25) is 0 Å². The summed E-state index contributed by atoms with van der Waals surface area (Å²) in [5.41, 5.74) is 0. The van der Waals surface area contributed by atoms with Gasteiger partial charge in [-0.3, -0.25) is 9.69 Å². The molecule has 3 heteroatoms. The van der Waals surface area contributed by atoms with Crippen LogP contribution in [0.3, 0.4) is 0 Å². The van der Waals surface area contributed by atoms with Crippen LogP contribution in [0.1, 0.15) is 44.9 Å². The molecule has 1 N–H and O–H groups in total. The Morgan fingerprint density at radius 3 is 2.20 bits per heavy atom. The Kier molecular flexibility index (Phi) is 3.62. The Hall–Kier alpha value is -0.570. The highest BCUT2D eigenvalue weighted by molar-refractivity contribution is 5.74. The summed E-state index contributed by atoms with van der Waals surface area (Å²) >= 11 is 0. The number of carbonyl (C=O) groups is 1. The van der Waals surface area contributed by atoms with Gasteiger partial charge in [-0.2, -0.15) is 0 Å². The van der Waals surface area contributed by atoms with Crippen LogP contribution in [0.25, 0.3) is 0 Å². The summed E-state index contributed by atoms with van der Waals surface area (Å²) in [6.45, 7) is 1.99. The summed E-state index contributed by atoms with van der Waals surface area (Å²) in [5.74, 6) is -0.176. The third kappa shape index (κ3) is 2.51. The molecule has 2 aliphatic rings. The third-order valence-corrected chi connectivity index (χ3v) is 3.88. The van der Waals surface area contributed by atoms with Crippen molar-refractivity contribution in [3.05, 3.63) is 0 Å². The zero-order chi connectivity index (χ0) is 10.7. The maximum absolute atomic E-state index is 11.3. The first-order valence-electron chi connectivity index (χ1n) is 6.26. The van der Waals surface area contributed by atoms with Crippen molar-refractivity contribution >= 4 is 5.97 Å². The summed E-state index contributed by atoms with van der Waals surface area (Å²) in [6.07, 6.45) is 8.31. The highest BCUT2D eigenvalue weighted by Gasteiger charge is 2.35. The number of carboxylic acid groups (broad SMARTS) is 1. The van der Waals surface area contributed by atoms with Crippen LogP contribution < -0.4 is 0 Å². The molecule has 0 aromatic rings. The van der Waals surface area contributed by atoms with Crippen LogP contribution in [-0.2, 0) is 4.79 Å². The van der Waals surface area contributed by atoms with E-state index in [1.165, 1.54) is 32.1 Å². The minimum atomic E-state index is -0.594. The minimum absolute atomic E-state index is 0.187. The molecular formula is C12H21NO2. The van der Waals surface area contributed by atoms with Gasteiger partial charge in [0.15, 0.2) is 0 Å². The molecule has 15 heavy (non-hydrogen) atoms. The number of hydrogen-bond donors (Lipinski definition) is 1. The molecule has 86 valence electrons. The standard InChI is InChI=1S/C12H21NO2/c14-12(15)11(10-6-2-3-7-10)13-8-4-1-5-9-13/h10-11H,1-9H2,(H,14,15). The van der Waals surface area contributed by atoms with Crippen LogP contribution in [-0.4, -0.2) is 35.1 Å². The zero-order valence-electron chi connectivity index (χ0n) is 9.32. The maximum Gasteiger partial charge on any atom is 0.321 e. The summed E-state index contributed by atoms with van der Waals surface area (Å²) in [4.78, 5) is 13.6.